The molecule has 4 nitrogen and oxygen atoms in total. The van der Waals surface area contributed by atoms with E-state index in [2.05, 4.69) is 47.3 Å². The lowest BCUT2D eigenvalue weighted by Gasteiger charge is -2.06. The van der Waals surface area contributed by atoms with Crippen molar-refractivity contribution in [2.24, 2.45) is 11.8 Å². The predicted molar refractivity (Wildman–Crippen MR) is 88.7 cm³/mol. The highest BCUT2D eigenvalue weighted by Crippen LogP contribution is 2.28. The van der Waals surface area contributed by atoms with E-state index in [4.69, 9.17) is 4.74 Å². The predicted octanol–water partition coefficient (Wildman–Crippen LogP) is 3.05. The zero-order valence-corrected chi connectivity index (χ0v) is 13.5. The second kappa shape index (κ2) is 6.17. The molecule has 23 heavy (non-hydrogen) atoms. The van der Waals surface area contributed by atoms with Crippen LogP contribution in [0.3, 0.4) is 0 Å². The van der Waals surface area contributed by atoms with Crippen LogP contribution in [-0.4, -0.2) is 28.2 Å². The molecule has 0 N–H and O–H groups in total. The number of nitrogens with zero attached hydrogens (tertiary/aromatic N) is 3. The van der Waals surface area contributed by atoms with E-state index in [-0.39, 0.29) is 0 Å². The van der Waals surface area contributed by atoms with Crippen LogP contribution in [-0.2, 0) is 11.3 Å². The zero-order valence-electron chi connectivity index (χ0n) is 13.5. The summed E-state index contributed by atoms with van der Waals surface area (Å²) in [6, 6.07) is 6.34. The van der Waals surface area contributed by atoms with Crippen LogP contribution < -0.4 is 0 Å². The fourth-order valence-corrected chi connectivity index (χ4v) is 2.94. The Bertz CT molecular complexity index is 758. The smallest absolute Gasteiger partial charge is 0.113 e. The number of rotatable bonds is 3. The number of aryl methyl sites for hydroxylation is 1. The van der Waals surface area contributed by atoms with Crippen molar-refractivity contribution < 1.29 is 4.74 Å². The zero-order chi connectivity index (χ0) is 15.6. The molecule has 0 bridgehead atoms. The topological polar surface area (TPSA) is 39.9 Å². The summed E-state index contributed by atoms with van der Waals surface area (Å²) >= 11 is 0. The van der Waals surface area contributed by atoms with Gasteiger partial charge in [-0.3, -0.25) is 4.68 Å². The first kappa shape index (κ1) is 14.5. The molecule has 2 aromatic rings. The Hall–Kier alpha value is -2.12. The summed E-state index contributed by atoms with van der Waals surface area (Å²) in [5.74, 6) is 7.78. The van der Waals surface area contributed by atoms with Crippen molar-refractivity contribution in [2.75, 3.05) is 13.2 Å². The fraction of sp³-hybridized carbons (Fsp3) is 0.474. The first-order chi connectivity index (χ1) is 11.3. The van der Waals surface area contributed by atoms with Crippen LogP contribution in [0.25, 0.3) is 11.3 Å². The molecule has 1 saturated heterocycles. The van der Waals surface area contributed by atoms with Gasteiger partial charge in [0.15, 0.2) is 0 Å². The minimum Gasteiger partial charge on any atom is -0.381 e. The Morgan fingerprint density at radius 2 is 2.22 bits per heavy atom. The standard InChI is InChI=1S/C19H21N3O/c1-14-10-16(5-4-15-2-3-15)6-7-18(14)19-12-22(21-20-19)11-17-8-9-23-13-17/h6-7,10,12,15,17H,2-3,8-9,11,13H2,1H3. The van der Waals surface area contributed by atoms with E-state index in [1.54, 1.807) is 0 Å². The van der Waals surface area contributed by atoms with Gasteiger partial charge in [-0.1, -0.05) is 23.1 Å². The quantitative estimate of drug-likeness (QED) is 0.818. The average Bonchev–Trinajstić information content (AvgIpc) is 3.03. The molecule has 1 saturated carbocycles. The highest BCUT2D eigenvalue weighted by atomic mass is 16.5. The van der Waals surface area contributed by atoms with Crippen LogP contribution >= 0.6 is 0 Å². The summed E-state index contributed by atoms with van der Waals surface area (Å²) in [7, 11) is 0. The average molecular weight is 307 g/mol. The maximum atomic E-state index is 5.42. The van der Waals surface area contributed by atoms with Gasteiger partial charge in [-0.25, -0.2) is 0 Å². The van der Waals surface area contributed by atoms with Crippen LogP contribution in [0.1, 0.15) is 30.4 Å². The number of aromatic nitrogens is 3. The van der Waals surface area contributed by atoms with E-state index in [0.29, 0.717) is 11.8 Å². The Balaban J connectivity index is 1.51. The monoisotopic (exact) mass is 307 g/mol. The van der Waals surface area contributed by atoms with Gasteiger partial charge in [0, 0.05) is 36.1 Å². The molecule has 0 amide bonds. The molecular weight excluding hydrogens is 286 g/mol. The lowest BCUT2D eigenvalue weighted by atomic mass is 10.0. The molecule has 1 atom stereocenters. The molecule has 0 spiro atoms. The van der Waals surface area contributed by atoms with Crippen LogP contribution in [0.2, 0.25) is 0 Å². The van der Waals surface area contributed by atoms with Crippen molar-refractivity contribution in [3.8, 4) is 23.1 Å². The van der Waals surface area contributed by atoms with Gasteiger partial charge in [-0.2, -0.15) is 0 Å². The highest BCUT2D eigenvalue weighted by molar-refractivity contribution is 5.64. The van der Waals surface area contributed by atoms with Gasteiger partial charge in [0.1, 0.15) is 5.69 Å². The van der Waals surface area contributed by atoms with E-state index in [0.717, 1.165) is 43.0 Å². The number of hydrogen-bond donors (Lipinski definition) is 0. The van der Waals surface area contributed by atoms with Crippen molar-refractivity contribution >= 4 is 0 Å². The number of ether oxygens (including phenoxy) is 1. The Labute approximate surface area is 136 Å². The molecule has 4 rings (SSSR count). The van der Waals surface area contributed by atoms with Gasteiger partial charge < -0.3 is 4.74 Å². The van der Waals surface area contributed by atoms with Crippen LogP contribution in [0.4, 0.5) is 0 Å². The third-order valence-electron chi connectivity index (χ3n) is 4.51. The van der Waals surface area contributed by atoms with Crippen molar-refractivity contribution in [2.45, 2.75) is 32.7 Å². The largest absolute Gasteiger partial charge is 0.381 e. The first-order valence-electron chi connectivity index (χ1n) is 8.38. The van der Waals surface area contributed by atoms with E-state index < -0.39 is 0 Å². The summed E-state index contributed by atoms with van der Waals surface area (Å²) in [4.78, 5) is 0. The number of hydrogen-bond acceptors (Lipinski definition) is 3. The minimum atomic E-state index is 0.561. The van der Waals surface area contributed by atoms with E-state index in [9.17, 15) is 0 Å². The van der Waals surface area contributed by atoms with Gasteiger partial charge in [0.25, 0.3) is 0 Å². The second-order valence-corrected chi connectivity index (χ2v) is 6.63. The Morgan fingerprint density at radius 3 is 2.96 bits per heavy atom. The van der Waals surface area contributed by atoms with E-state index in [1.165, 1.54) is 18.4 Å². The summed E-state index contributed by atoms with van der Waals surface area (Å²) in [6.07, 6.45) is 5.68. The molecule has 1 aliphatic carbocycles. The van der Waals surface area contributed by atoms with Gasteiger partial charge in [-0.15, -0.1) is 5.10 Å². The van der Waals surface area contributed by atoms with Crippen molar-refractivity contribution in [3.63, 3.8) is 0 Å². The molecule has 1 aromatic heterocycles. The Kier molecular flexibility index (Phi) is 3.88. The summed E-state index contributed by atoms with van der Waals surface area (Å²) in [6.45, 7) is 4.70. The van der Waals surface area contributed by atoms with Crippen LogP contribution in [0.15, 0.2) is 24.4 Å². The molecule has 2 fully saturated rings. The number of benzene rings is 1. The van der Waals surface area contributed by atoms with Crippen molar-refractivity contribution in [1.29, 1.82) is 0 Å². The van der Waals surface area contributed by atoms with Gasteiger partial charge in [-0.05, 0) is 43.9 Å². The van der Waals surface area contributed by atoms with E-state index in [1.807, 2.05) is 10.9 Å². The van der Waals surface area contributed by atoms with Crippen LogP contribution in [0, 0.1) is 30.6 Å². The highest BCUT2D eigenvalue weighted by Gasteiger charge is 2.18. The fourth-order valence-electron chi connectivity index (χ4n) is 2.94. The molecule has 118 valence electrons. The first-order valence-corrected chi connectivity index (χ1v) is 8.38. The normalized spacial score (nSPS) is 20.3. The maximum absolute atomic E-state index is 5.42. The summed E-state index contributed by atoms with van der Waals surface area (Å²) < 4.78 is 7.36. The molecule has 1 aromatic carbocycles. The summed E-state index contributed by atoms with van der Waals surface area (Å²) in [5, 5.41) is 8.61. The van der Waals surface area contributed by atoms with Crippen molar-refractivity contribution in [1.82, 2.24) is 15.0 Å². The van der Waals surface area contributed by atoms with E-state index >= 15 is 0 Å². The molecular formula is C19H21N3O. The van der Waals surface area contributed by atoms with Gasteiger partial charge in [0.05, 0.1) is 12.8 Å². The molecule has 1 aliphatic heterocycles. The molecule has 4 heteroatoms. The lowest BCUT2D eigenvalue weighted by Crippen LogP contribution is -2.10. The third-order valence-corrected chi connectivity index (χ3v) is 4.51. The minimum absolute atomic E-state index is 0.561. The third kappa shape index (κ3) is 3.46. The molecule has 2 aliphatic rings. The molecule has 2 heterocycles. The van der Waals surface area contributed by atoms with Gasteiger partial charge >= 0.3 is 0 Å². The second-order valence-electron chi connectivity index (χ2n) is 6.63. The molecule has 1 unspecified atom stereocenters. The van der Waals surface area contributed by atoms with Crippen molar-refractivity contribution in [3.05, 3.63) is 35.5 Å². The Morgan fingerprint density at radius 1 is 1.30 bits per heavy atom. The lowest BCUT2D eigenvalue weighted by molar-refractivity contribution is 0.181. The maximum Gasteiger partial charge on any atom is 0.113 e. The summed E-state index contributed by atoms with van der Waals surface area (Å²) in [5.41, 5.74) is 4.36. The van der Waals surface area contributed by atoms with Gasteiger partial charge in [0.2, 0.25) is 0 Å². The van der Waals surface area contributed by atoms with Crippen LogP contribution in [0.5, 0.6) is 0 Å². The molecule has 0 radical (unpaired) electrons. The SMILES string of the molecule is Cc1cc(C#CC2CC2)ccc1-c1cn(CC2CCOC2)nn1.